The number of H-pyrrole nitrogens is 1. The number of carbonyl (C=O) groups is 1. The lowest BCUT2D eigenvalue weighted by Gasteiger charge is -2.24. The van der Waals surface area contributed by atoms with E-state index in [1.54, 1.807) is 13.0 Å². The number of amides is 1. The number of rotatable bonds is 6. The second-order valence-corrected chi connectivity index (χ2v) is 9.27. The van der Waals surface area contributed by atoms with E-state index in [2.05, 4.69) is 35.7 Å². The van der Waals surface area contributed by atoms with Crippen molar-refractivity contribution in [3.05, 3.63) is 74.8 Å². The monoisotopic (exact) mass is 504 g/mol. The van der Waals surface area contributed by atoms with Gasteiger partial charge in [-0.3, -0.25) is 9.59 Å². The highest BCUT2D eigenvalue weighted by Gasteiger charge is 2.26. The molecule has 4 heterocycles. The molecule has 5 rings (SSSR count). The number of aromatic amines is 1. The predicted molar refractivity (Wildman–Crippen MR) is 144 cm³/mol. The van der Waals surface area contributed by atoms with Crippen molar-refractivity contribution in [3.8, 4) is 5.75 Å². The van der Waals surface area contributed by atoms with Crippen LogP contribution in [0.2, 0.25) is 0 Å². The van der Waals surface area contributed by atoms with E-state index in [9.17, 15) is 9.59 Å². The van der Waals surface area contributed by atoms with Crippen LogP contribution in [-0.4, -0.2) is 37.3 Å². The van der Waals surface area contributed by atoms with Crippen molar-refractivity contribution in [2.75, 3.05) is 7.11 Å². The van der Waals surface area contributed by atoms with Gasteiger partial charge in [0.2, 0.25) is 0 Å². The van der Waals surface area contributed by atoms with Gasteiger partial charge in [-0.1, -0.05) is 32.0 Å². The lowest BCUT2D eigenvalue weighted by atomic mass is 9.97. The molecule has 1 atom stereocenters. The summed E-state index contributed by atoms with van der Waals surface area (Å²) in [6, 6.07) is 9.74. The van der Waals surface area contributed by atoms with Crippen LogP contribution >= 0.6 is 0 Å². The third-order valence-electron chi connectivity index (χ3n) is 7.02. The largest absolute Gasteiger partial charge is 0.496 e. The molecule has 37 heavy (non-hydrogen) atoms. The first-order valence-corrected chi connectivity index (χ1v) is 12.9. The van der Waals surface area contributed by atoms with Gasteiger partial charge in [-0.15, -0.1) is 10.2 Å². The zero-order chi connectivity index (χ0) is 26.7. The Morgan fingerprint density at radius 1 is 1.19 bits per heavy atom. The van der Waals surface area contributed by atoms with Gasteiger partial charge < -0.3 is 24.2 Å². The Labute approximate surface area is 216 Å². The molecule has 9 heteroatoms. The van der Waals surface area contributed by atoms with Crippen LogP contribution in [0.25, 0.3) is 10.9 Å². The summed E-state index contributed by atoms with van der Waals surface area (Å²) < 4.78 is 9.80. The number of para-hydroxylation sites is 1. The molecule has 1 unspecified atom stereocenters. The van der Waals surface area contributed by atoms with Crippen molar-refractivity contribution in [2.24, 2.45) is 5.92 Å². The lowest BCUT2D eigenvalue weighted by molar-refractivity contribution is 0.0951. The minimum Gasteiger partial charge on any atom is -0.496 e. The van der Waals surface area contributed by atoms with E-state index in [1.807, 2.05) is 45.9 Å². The molecule has 0 aliphatic carbocycles. The number of aryl methyl sites for hydroxylation is 2. The summed E-state index contributed by atoms with van der Waals surface area (Å²) in [7, 11) is 1.52. The van der Waals surface area contributed by atoms with Crippen LogP contribution < -0.4 is 15.6 Å². The molecule has 0 saturated heterocycles. The van der Waals surface area contributed by atoms with Crippen LogP contribution in [0, 0.1) is 26.7 Å². The molecule has 1 aromatic carbocycles. The maximum absolute atomic E-state index is 13.4. The van der Waals surface area contributed by atoms with Gasteiger partial charge >= 0.3 is 0 Å². The molecule has 4 aromatic rings. The van der Waals surface area contributed by atoms with Crippen molar-refractivity contribution in [1.29, 1.82) is 0 Å². The molecule has 2 N–H and O–H groups in total. The SMILES string of the molecule is CC.COc1cc(C)[nH]c(=O)c1CNC(=O)c1c(C)n(CC2CCn3c(C)nnc3C2)c2ccccc12. The number of nitrogens with zero attached hydrogens (tertiary/aromatic N) is 4. The summed E-state index contributed by atoms with van der Waals surface area (Å²) in [4.78, 5) is 28.6. The summed E-state index contributed by atoms with van der Waals surface area (Å²) in [5.74, 6) is 2.66. The quantitative estimate of drug-likeness (QED) is 0.412. The number of ether oxygens (including phenoxy) is 1. The van der Waals surface area contributed by atoms with Crippen LogP contribution in [-0.2, 0) is 26.1 Å². The molecule has 1 aliphatic rings. The van der Waals surface area contributed by atoms with Gasteiger partial charge in [-0.2, -0.15) is 0 Å². The number of pyridine rings is 1. The van der Waals surface area contributed by atoms with Crippen molar-refractivity contribution in [1.82, 2.24) is 29.6 Å². The number of benzene rings is 1. The summed E-state index contributed by atoms with van der Waals surface area (Å²) >= 11 is 0. The Morgan fingerprint density at radius 3 is 2.70 bits per heavy atom. The maximum Gasteiger partial charge on any atom is 0.256 e. The van der Waals surface area contributed by atoms with Crippen molar-refractivity contribution in [3.63, 3.8) is 0 Å². The van der Waals surface area contributed by atoms with E-state index in [0.29, 0.717) is 28.5 Å². The van der Waals surface area contributed by atoms with Gasteiger partial charge in [-0.05, 0) is 45.2 Å². The molecule has 0 radical (unpaired) electrons. The Bertz CT molecular complexity index is 1480. The number of nitrogens with one attached hydrogen (secondary N) is 2. The molecule has 3 aromatic heterocycles. The topological polar surface area (TPSA) is 107 Å². The second-order valence-electron chi connectivity index (χ2n) is 9.27. The fraction of sp³-hybridized carbons (Fsp3) is 0.429. The maximum atomic E-state index is 13.4. The van der Waals surface area contributed by atoms with Gasteiger partial charge in [0.25, 0.3) is 11.5 Å². The third-order valence-corrected chi connectivity index (χ3v) is 7.02. The first kappa shape index (κ1) is 26.2. The molecule has 0 fully saturated rings. The normalized spacial score (nSPS) is 14.6. The van der Waals surface area contributed by atoms with Crippen LogP contribution in [0.4, 0.5) is 0 Å². The molecule has 1 amide bonds. The number of fused-ring (bicyclic) bond motifs is 2. The van der Waals surface area contributed by atoms with Crippen LogP contribution in [0.3, 0.4) is 0 Å². The number of methoxy groups -OCH3 is 1. The van der Waals surface area contributed by atoms with Crippen LogP contribution in [0.15, 0.2) is 35.1 Å². The molecule has 1 aliphatic heterocycles. The Kier molecular flexibility index (Phi) is 7.80. The van der Waals surface area contributed by atoms with Crippen molar-refractivity contribution < 1.29 is 9.53 Å². The summed E-state index contributed by atoms with van der Waals surface area (Å²) in [5, 5.41) is 12.4. The number of aromatic nitrogens is 5. The minimum absolute atomic E-state index is 0.0776. The molecule has 9 nitrogen and oxygen atoms in total. The highest BCUT2D eigenvalue weighted by molar-refractivity contribution is 6.08. The number of hydrogen-bond donors (Lipinski definition) is 2. The standard InChI is InChI=1S/C26H30N6O3.C2H6/c1-15-11-22(35-4)20(25(33)28-15)13-27-26(34)24-16(2)32(21-8-6-5-7-19(21)24)14-18-9-10-31-17(3)29-30-23(31)12-18;1-2/h5-8,11,18H,9-10,12-14H2,1-4H3,(H,27,34)(H,28,33);1-2H3. The smallest absolute Gasteiger partial charge is 0.256 e. The fourth-order valence-electron chi connectivity index (χ4n) is 5.20. The highest BCUT2D eigenvalue weighted by Crippen LogP contribution is 2.29. The predicted octanol–water partition coefficient (Wildman–Crippen LogP) is 4.07. The van der Waals surface area contributed by atoms with E-state index in [1.165, 1.54) is 7.11 Å². The number of carbonyl (C=O) groups excluding carboxylic acids is 1. The van der Waals surface area contributed by atoms with Crippen molar-refractivity contribution >= 4 is 16.8 Å². The first-order valence-electron chi connectivity index (χ1n) is 12.9. The van der Waals surface area contributed by atoms with E-state index in [4.69, 9.17) is 4.74 Å². The molecule has 0 saturated carbocycles. The molecular formula is C28H36N6O3. The Hall–Kier alpha value is -3.88. The van der Waals surface area contributed by atoms with E-state index in [0.717, 1.165) is 54.2 Å². The summed E-state index contributed by atoms with van der Waals surface area (Å²) in [5.41, 5.74) is 3.42. The minimum atomic E-state index is -0.262. The molecule has 0 spiro atoms. The van der Waals surface area contributed by atoms with E-state index in [-0.39, 0.29) is 18.0 Å². The molecule has 196 valence electrons. The fourth-order valence-corrected chi connectivity index (χ4v) is 5.20. The average Bonchev–Trinajstić information content (AvgIpc) is 3.40. The molecular weight excluding hydrogens is 468 g/mol. The zero-order valence-electron chi connectivity index (χ0n) is 22.5. The van der Waals surface area contributed by atoms with E-state index >= 15 is 0 Å². The van der Waals surface area contributed by atoms with Gasteiger partial charge in [0.1, 0.15) is 17.4 Å². The summed E-state index contributed by atoms with van der Waals surface area (Å²) in [6.45, 7) is 11.6. The van der Waals surface area contributed by atoms with E-state index < -0.39 is 0 Å². The van der Waals surface area contributed by atoms with Gasteiger partial charge in [-0.25, -0.2) is 0 Å². The van der Waals surface area contributed by atoms with Gasteiger partial charge in [0.05, 0.1) is 24.8 Å². The van der Waals surface area contributed by atoms with Crippen LogP contribution in [0.1, 0.15) is 59.2 Å². The van der Waals surface area contributed by atoms with Crippen molar-refractivity contribution in [2.45, 2.75) is 67.1 Å². The molecule has 0 bridgehead atoms. The highest BCUT2D eigenvalue weighted by atomic mass is 16.5. The first-order chi connectivity index (χ1) is 17.9. The third kappa shape index (κ3) is 5.03. The van der Waals surface area contributed by atoms with Crippen LogP contribution in [0.5, 0.6) is 5.75 Å². The number of hydrogen-bond acceptors (Lipinski definition) is 5. The lowest BCUT2D eigenvalue weighted by Crippen LogP contribution is -2.28. The second kappa shape index (κ2) is 11.0. The average molecular weight is 505 g/mol. The van der Waals surface area contributed by atoms with Gasteiger partial charge in [0.15, 0.2) is 0 Å². The summed E-state index contributed by atoms with van der Waals surface area (Å²) in [6.07, 6.45) is 1.90. The Balaban J connectivity index is 0.00000156. The van der Waals surface area contributed by atoms with Gasteiger partial charge in [0, 0.05) is 41.8 Å². The zero-order valence-corrected chi connectivity index (χ0v) is 22.5. The Morgan fingerprint density at radius 2 is 1.95 bits per heavy atom.